The van der Waals surface area contributed by atoms with Crippen LogP contribution in [0.2, 0.25) is 0 Å². The predicted molar refractivity (Wildman–Crippen MR) is 79.5 cm³/mol. The highest BCUT2D eigenvalue weighted by Gasteiger charge is 2.48. The Bertz CT molecular complexity index is 590. The largest absolute Gasteiger partial charge is 0.481 e. The molecule has 21 heavy (non-hydrogen) atoms. The van der Waals surface area contributed by atoms with Crippen LogP contribution in [0.1, 0.15) is 30.6 Å². The van der Waals surface area contributed by atoms with Gasteiger partial charge in [-0.3, -0.25) is 9.59 Å². The lowest BCUT2D eigenvalue weighted by atomic mass is 9.76. The molecule has 0 bridgehead atoms. The summed E-state index contributed by atoms with van der Waals surface area (Å²) in [6.45, 7) is 4.24. The van der Waals surface area contributed by atoms with Gasteiger partial charge < -0.3 is 10.0 Å². The Kier molecular flexibility index (Phi) is 4.37. The minimum Gasteiger partial charge on any atom is -0.481 e. The monoisotopic (exact) mass is 357 g/mol. The third-order valence-electron chi connectivity index (χ3n) is 4.29. The Morgan fingerprint density at radius 2 is 2.10 bits per heavy atom. The zero-order valence-corrected chi connectivity index (χ0v) is 13.5. The molecule has 0 aromatic heterocycles. The van der Waals surface area contributed by atoms with Crippen molar-refractivity contribution in [1.82, 2.24) is 4.90 Å². The normalized spacial score (nSPS) is 21.9. The van der Waals surface area contributed by atoms with Crippen LogP contribution in [0.15, 0.2) is 22.7 Å². The van der Waals surface area contributed by atoms with Gasteiger partial charge in [-0.05, 0) is 46.5 Å². The van der Waals surface area contributed by atoms with E-state index in [2.05, 4.69) is 15.9 Å². The molecular formula is C15H17BrFNO3. The molecule has 1 unspecified atom stereocenters. The number of hydrogen-bond donors (Lipinski definition) is 1. The molecule has 1 aromatic rings. The topological polar surface area (TPSA) is 57.6 Å². The van der Waals surface area contributed by atoms with Crippen LogP contribution in [0.5, 0.6) is 0 Å². The van der Waals surface area contributed by atoms with Gasteiger partial charge >= 0.3 is 5.97 Å². The van der Waals surface area contributed by atoms with Crippen LogP contribution in [-0.4, -0.2) is 35.0 Å². The summed E-state index contributed by atoms with van der Waals surface area (Å²) in [5.74, 6) is -1.79. The average Bonchev–Trinajstić information content (AvgIpc) is 2.87. The summed E-state index contributed by atoms with van der Waals surface area (Å²) in [4.78, 5) is 25.5. The smallest absolute Gasteiger partial charge is 0.311 e. The Morgan fingerprint density at radius 3 is 2.57 bits per heavy atom. The highest BCUT2D eigenvalue weighted by Crippen LogP contribution is 2.38. The van der Waals surface area contributed by atoms with Crippen molar-refractivity contribution in [2.75, 3.05) is 13.1 Å². The molecule has 1 aromatic carbocycles. The van der Waals surface area contributed by atoms with Crippen molar-refractivity contribution in [2.45, 2.75) is 20.3 Å². The van der Waals surface area contributed by atoms with Crippen molar-refractivity contribution < 1.29 is 19.1 Å². The summed E-state index contributed by atoms with van der Waals surface area (Å²) in [5, 5.41) is 9.48. The van der Waals surface area contributed by atoms with Gasteiger partial charge in [0.25, 0.3) is 5.91 Å². The highest BCUT2D eigenvalue weighted by molar-refractivity contribution is 9.10. The Morgan fingerprint density at radius 1 is 1.43 bits per heavy atom. The number of carbonyl (C=O) groups excluding carboxylic acids is 1. The second kappa shape index (κ2) is 5.75. The number of halogens is 2. The Labute approximate surface area is 131 Å². The van der Waals surface area contributed by atoms with E-state index in [1.165, 1.54) is 23.1 Å². The molecule has 4 nitrogen and oxygen atoms in total. The van der Waals surface area contributed by atoms with E-state index in [0.717, 1.165) is 0 Å². The van der Waals surface area contributed by atoms with Gasteiger partial charge in [0.05, 0.1) is 9.89 Å². The summed E-state index contributed by atoms with van der Waals surface area (Å²) in [5.41, 5.74) is -0.676. The second-order valence-electron chi connectivity index (χ2n) is 5.72. The number of hydrogen-bond acceptors (Lipinski definition) is 2. The number of carbonyl (C=O) groups is 2. The predicted octanol–water partition coefficient (Wildman–Crippen LogP) is 3.16. The van der Waals surface area contributed by atoms with Gasteiger partial charge in [-0.1, -0.05) is 13.8 Å². The summed E-state index contributed by atoms with van der Waals surface area (Å²) >= 11 is 3.04. The summed E-state index contributed by atoms with van der Waals surface area (Å²) in [6, 6.07) is 4.18. The molecule has 0 radical (unpaired) electrons. The zero-order valence-electron chi connectivity index (χ0n) is 11.9. The second-order valence-corrected chi connectivity index (χ2v) is 6.58. The molecule has 6 heteroatoms. The SMILES string of the molecule is CC(C)C1(C(=O)O)CCN(C(=O)c2ccc(Br)c(F)c2)C1. The number of rotatable bonds is 3. The van der Waals surface area contributed by atoms with Gasteiger partial charge in [-0.2, -0.15) is 0 Å². The van der Waals surface area contributed by atoms with Crippen molar-refractivity contribution in [2.24, 2.45) is 11.3 Å². The van der Waals surface area contributed by atoms with Gasteiger partial charge in [0.1, 0.15) is 5.82 Å². The number of nitrogens with zero attached hydrogens (tertiary/aromatic N) is 1. The third kappa shape index (κ3) is 2.81. The van der Waals surface area contributed by atoms with Crippen LogP contribution in [-0.2, 0) is 4.79 Å². The molecule has 1 aliphatic rings. The van der Waals surface area contributed by atoms with Crippen molar-refractivity contribution in [3.8, 4) is 0 Å². The van der Waals surface area contributed by atoms with Crippen molar-refractivity contribution in [1.29, 1.82) is 0 Å². The Hall–Kier alpha value is -1.43. The van der Waals surface area contributed by atoms with E-state index < -0.39 is 17.2 Å². The number of amides is 1. The first-order chi connectivity index (χ1) is 9.78. The van der Waals surface area contributed by atoms with Gasteiger partial charge in [0.2, 0.25) is 0 Å². The van der Waals surface area contributed by atoms with E-state index in [1.807, 2.05) is 13.8 Å². The number of carboxylic acid groups (broad SMARTS) is 1. The van der Waals surface area contributed by atoms with Gasteiger partial charge in [0, 0.05) is 18.7 Å². The number of benzene rings is 1. The van der Waals surface area contributed by atoms with E-state index >= 15 is 0 Å². The van der Waals surface area contributed by atoms with Crippen LogP contribution in [0, 0.1) is 17.2 Å². The van der Waals surface area contributed by atoms with Crippen molar-refractivity contribution in [3.05, 3.63) is 34.1 Å². The average molecular weight is 358 g/mol. The molecule has 1 atom stereocenters. The Balaban J connectivity index is 2.22. The van der Waals surface area contributed by atoms with Gasteiger partial charge in [-0.25, -0.2) is 4.39 Å². The molecule has 1 aliphatic heterocycles. The first kappa shape index (κ1) is 15.9. The lowest BCUT2D eigenvalue weighted by Gasteiger charge is -2.28. The maximum Gasteiger partial charge on any atom is 0.311 e. The molecule has 1 saturated heterocycles. The zero-order chi connectivity index (χ0) is 15.8. The quantitative estimate of drug-likeness (QED) is 0.903. The van der Waals surface area contributed by atoms with Crippen LogP contribution in [0.3, 0.4) is 0 Å². The highest BCUT2D eigenvalue weighted by atomic mass is 79.9. The minimum atomic E-state index is -0.913. The van der Waals surface area contributed by atoms with Gasteiger partial charge in [0.15, 0.2) is 0 Å². The van der Waals surface area contributed by atoms with E-state index in [0.29, 0.717) is 17.4 Å². The maximum atomic E-state index is 13.5. The van der Waals surface area contributed by atoms with Crippen LogP contribution >= 0.6 is 15.9 Å². The molecule has 2 rings (SSSR count). The van der Waals surface area contributed by atoms with Crippen LogP contribution < -0.4 is 0 Å². The fraction of sp³-hybridized carbons (Fsp3) is 0.467. The summed E-state index contributed by atoms with van der Waals surface area (Å²) < 4.78 is 13.8. The lowest BCUT2D eigenvalue weighted by molar-refractivity contribution is -0.150. The van der Waals surface area contributed by atoms with E-state index in [4.69, 9.17) is 0 Å². The standard InChI is InChI=1S/C15H17BrFNO3/c1-9(2)15(14(20)21)5-6-18(8-15)13(19)10-3-4-11(16)12(17)7-10/h3-4,7,9H,5-6,8H2,1-2H3,(H,20,21). The fourth-order valence-corrected chi connectivity index (χ4v) is 2.96. The fourth-order valence-electron chi connectivity index (χ4n) is 2.71. The number of likely N-dealkylation sites (tertiary alicyclic amines) is 1. The molecule has 1 N–H and O–H groups in total. The number of carboxylic acids is 1. The first-order valence-corrected chi connectivity index (χ1v) is 7.55. The molecular weight excluding hydrogens is 341 g/mol. The molecule has 1 amide bonds. The van der Waals surface area contributed by atoms with E-state index in [-0.39, 0.29) is 23.9 Å². The molecule has 114 valence electrons. The van der Waals surface area contributed by atoms with Crippen LogP contribution in [0.4, 0.5) is 4.39 Å². The van der Waals surface area contributed by atoms with Gasteiger partial charge in [-0.15, -0.1) is 0 Å². The molecule has 0 aliphatic carbocycles. The third-order valence-corrected chi connectivity index (χ3v) is 4.93. The molecule has 1 heterocycles. The maximum absolute atomic E-state index is 13.5. The minimum absolute atomic E-state index is 0.0746. The van der Waals surface area contributed by atoms with E-state index in [9.17, 15) is 19.1 Å². The molecule has 0 saturated carbocycles. The van der Waals surface area contributed by atoms with E-state index in [1.54, 1.807) is 0 Å². The number of aliphatic carboxylic acids is 1. The van der Waals surface area contributed by atoms with Crippen molar-refractivity contribution in [3.63, 3.8) is 0 Å². The molecule has 1 fully saturated rings. The summed E-state index contributed by atoms with van der Waals surface area (Å²) in [6.07, 6.45) is 0.421. The van der Waals surface area contributed by atoms with Crippen LogP contribution in [0.25, 0.3) is 0 Å². The lowest BCUT2D eigenvalue weighted by Crippen LogP contribution is -2.40. The first-order valence-electron chi connectivity index (χ1n) is 6.75. The summed E-state index contributed by atoms with van der Waals surface area (Å²) in [7, 11) is 0. The van der Waals surface area contributed by atoms with Crippen molar-refractivity contribution >= 4 is 27.8 Å². The molecule has 0 spiro atoms.